The summed E-state index contributed by atoms with van der Waals surface area (Å²) in [6.07, 6.45) is 0.160. The second kappa shape index (κ2) is 6.91. The molecule has 0 saturated carbocycles. The average Bonchev–Trinajstić information content (AvgIpc) is 2.44. The molecule has 0 N–H and O–H groups in total. The number of hydrogen-bond donors (Lipinski definition) is 0. The minimum absolute atomic E-state index is 0.00642. The van der Waals surface area contributed by atoms with E-state index in [1.807, 2.05) is 39.0 Å². The van der Waals surface area contributed by atoms with Crippen LogP contribution in [0.2, 0.25) is 0 Å². The Bertz CT molecular complexity index is 618. The van der Waals surface area contributed by atoms with Crippen molar-refractivity contribution in [2.45, 2.75) is 52.3 Å². The Morgan fingerprint density at radius 3 is 2.61 bits per heavy atom. The number of carbonyl (C=O) groups excluding carboxylic acids is 2. The second-order valence-electron chi connectivity index (χ2n) is 6.24. The van der Waals surface area contributed by atoms with Crippen LogP contribution in [0, 0.1) is 0 Å². The highest BCUT2D eigenvalue weighted by molar-refractivity contribution is 9.10. The van der Waals surface area contributed by atoms with E-state index in [-0.39, 0.29) is 30.2 Å². The van der Waals surface area contributed by atoms with E-state index in [1.165, 1.54) is 0 Å². The maximum Gasteiger partial charge on any atom is 0.410 e. The molecule has 2 amide bonds. The number of amides is 2. The maximum atomic E-state index is 12.3. The minimum atomic E-state index is -0.348. The highest BCUT2D eigenvalue weighted by atomic mass is 79.9. The quantitative estimate of drug-likeness (QED) is 0.772. The van der Waals surface area contributed by atoms with Gasteiger partial charge < -0.3 is 14.5 Å². The van der Waals surface area contributed by atoms with Crippen LogP contribution >= 0.6 is 15.9 Å². The molecule has 2 atom stereocenters. The van der Waals surface area contributed by atoms with Crippen LogP contribution in [0.5, 0.6) is 0 Å². The third-order valence-corrected chi connectivity index (χ3v) is 4.54. The number of benzene rings is 1. The molecule has 0 fully saturated rings. The number of hydrogen-bond acceptors (Lipinski definition) is 3. The van der Waals surface area contributed by atoms with Gasteiger partial charge in [-0.25, -0.2) is 4.79 Å². The normalized spacial score (nSPS) is 20.2. The van der Waals surface area contributed by atoms with Crippen LogP contribution in [0.1, 0.15) is 45.7 Å². The van der Waals surface area contributed by atoms with E-state index < -0.39 is 0 Å². The zero-order valence-electron chi connectivity index (χ0n) is 14.2. The van der Waals surface area contributed by atoms with Crippen molar-refractivity contribution in [1.82, 2.24) is 4.90 Å². The van der Waals surface area contributed by atoms with Gasteiger partial charge in [-0.2, -0.15) is 0 Å². The second-order valence-corrected chi connectivity index (χ2v) is 7.15. The van der Waals surface area contributed by atoms with Crippen LogP contribution in [0.25, 0.3) is 0 Å². The van der Waals surface area contributed by atoms with Crippen LogP contribution in [0.3, 0.4) is 0 Å². The third kappa shape index (κ3) is 3.68. The zero-order valence-corrected chi connectivity index (χ0v) is 15.8. The lowest BCUT2D eigenvalue weighted by atomic mass is 9.91. The molecule has 23 heavy (non-hydrogen) atoms. The van der Waals surface area contributed by atoms with Crippen molar-refractivity contribution >= 4 is 33.6 Å². The van der Waals surface area contributed by atoms with Gasteiger partial charge in [-0.05, 0) is 51.0 Å². The first-order valence-corrected chi connectivity index (χ1v) is 8.54. The van der Waals surface area contributed by atoms with Gasteiger partial charge in [0.1, 0.15) is 0 Å². The molecule has 5 nitrogen and oxygen atoms in total. The summed E-state index contributed by atoms with van der Waals surface area (Å²) in [6, 6.07) is 5.70. The van der Waals surface area contributed by atoms with Crippen molar-refractivity contribution < 1.29 is 14.3 Å². The molecule has 1 aromatic carbocycles. The highest BCUT2D eigenvalue weighted by Gasteiger charge is 2.36. The van der Waals surface area contributed by atoms with Crippen LogP contribution in [0.4, 0.5) is 10.5 Å². The van der Waals surface area contributed by atoms with E-state index in [2.05, 4.69) is 15.9 Å². The molecule has 1 aromatic rings. The van der Waals surface area contributed by atoms with Crippen molar-refractivity contribution in [2.24, 2.45) is 0 Å². The third-order valence-electron chi connectivity index (χ3n) is 4.04. The van der Waals surface area contributed by atoms with Crippen LogP contribution in [-0.2, 0) is 9.53 Å². The molecule has 1 aliphatic heterocycles. The summed E-state index contributed by atoms with van der Waals surface area (Å²) >= 11 is 3.48. The molecular formula is C17H23BrN2O3. The molecule has 0 unspecified atom stereocenters. The lowest BCUT2D eigenvalue weighted by Gasteiger charge is -2.42. The summed E-state index contributed by atoms with van der Waals surface area (Å²) in [7, 11) is 1.75. The Kier molecular flexibility index (Phi) is 5.34. The average molecular weight is 383 g/mol. The van der Waals surface area contributed by atoms with E-state index >= 15 is 0 Å². The van der Waals surface area contributed by atoms with Gasteiger partial charge in [0.2, 0.25) is 5.91 Å². The molecule has 0 radical (unpaired) electrons. The van der Waals surface area contributed by atoms with E-state index in [0.29, 0.717) is 6.42 Å². The molecule has 126 valence electrons. The smallest absolute Gasteiger partial charge is 0.410 e. The molecule has 0 spiro atoms. The van der Waals surface area contributed by atoms with Gasteiger partial charge in [0.15, 0.2) is 0 Å². The molecule has 2 rings (SSSR count). The Hall–Kier alpha value is -1.56. The lowest BCUT2D eigenvalue weighted by molar-refractivity contribution is -0.117. The predicted molar refractivity (Wildman–Crippen MR) is 93.5 cm³/mol. The van der Waals surface area contributed by atoms with Gasteiger partial charge >= 0.3 is 6.09 Å². The van der Waals surface area contributed by atoms with Crippen molar-refractivity contribution in [3.8, 4) is 0 Å². The SMILES string of the molecule is CC(=O)N1c2ccc(Br)cc2[C@@H](N(C)C(=O)OC(C)C)C[C@H]1C. The van der Waals surface area contributed by atoms with E-state index in [9.17, 15) is 9.59 Å². The van der Waals surface area contributed by atoms with Gasteiger partial charge in [-0.3, -0.25) is 4.79 Å². The summed E-state index contributed by atoms with van der Waals surface area (Å²) in [4.78, 5) is 27.7. The number of fused-ring (bicyclic) bond motifs is 1. The van der Waals surface area contributed by atoms with Gasteiger partial charge in [0.05, 0.1) is 12.1 Å². The first kappa shape index (κ1) is 17.8. The molecular weight excluding hydrogens is 360 g/mol. The Balaban J connectivity index is 2.42. The van der Waals surface area contributed by atoms with Crippen molar-refractivity contribution in [2.75, 3.05) is 11.9 Å². The van der Waals surface area contributed by atoms with Gasteiger partial charge in [0, 0.05) is 30.2 Å². The first-order chi connectivity index (χ1) is 10.7. The summed E-state index contributed by atoms with van der Waals surface area (Å²) in [5, 5.41) is 0. The van der Waals surface area contributed by atoms with Crippen molar-refractivity contribution in [3.05, 3.63) is 28.2 Å². The van der Waals surface area contributed by atoms with Crippen LogP contribution < -0.4 is 4.90 Å². The molecule has 1 heterocycles. The Morgan fingerprint density at radius 1 is 1.39 bits per heavy atom. The molecule has 0 bridgehead atoms. The summed E-state index contributed by atoms with van der Waals surface area (Å²) in [6.45, 7) is 7.23. The monoisotopic (exact) mass is 382 g/mol. The van der Waals surface area contributed by atoms with Crippen LogP contribution in [-0.4, -0.2) is 36.1 Å². The van der Waals surface area contributed by atoms with Gasteiger partial charge in [-0.15, -0.1) is 0 Å². The number of nitrogens with zero attached hydrogens (tertiary/aromatic N) is 2. The van der Waals surface area contributed by atoms with Crippen molar-refractivity contribution in [3.63, 3.8) is 0 Å². The van der Waals surface area contributed by atoms with E-state index in [1.54, 1.807) is 23.8 Å². The number of halogens is 1. The molecule has 0 aromatic heterocycles. The number of rotatable bonds is 2. The topological polar surface area (TPSA) is 49.9 Å². The molecule has 1 aliphatic rings. The minimum Gasteiger partial charge on any atom is -0.447 e. The zero-order chi connectivity index (χ0) is 17.3. The number of ether oxygens (including phenoxy) is 1. The Morgan fingerprint density at radius 2 is 2.04 bits per heavy atom. The maximum absolute atomic E-state index is 12.3. The number of anilines is 1. The van der Waals surface area contributed by atoms with Crippen LogP contribution in [0.15, 0.2) is 22.7 Å². The summed E-state index contributed by atoms with van der Waals surface area (Å²) < 4.78 is 6.24. The summed E-state index contributed by atoms with van der Waals surface area (Å²) in [5.74, 6) is 0.00642. The Labute approximate surface area is 145 Å². The summed E-state index contributed by atoms with van der Waals surface area (Å²) in [5.41, 5.74) is 1.81. The van der Waals surface area contributed by atoms with Crippen molar-refractivity contribution in [1.29, 1.82) is 0 Å². The highest BCUT2D eigenvalue weighted by Crippen LogP contribution is 2.41. The fourth-order valence-electron chi connectivity index (χ4n) is 3.06. The fourth-order valence-corrected chi connectivity index (χ4v) is 3.44. The van der Waals surface area contributed by atoms with Gasteiger partial charge in [0.25, 0.3) is 0 Å². The standard InChI is InChI=1S/C17H23BrN2O3/c1-10(2)23-17(22)19(5)16-8-11(3)20(12(4)21)15-7-6-13(18)9-14(15)16/h6-7,9-11,16H,8H2,1-5H3/t11-,16+/m1/s1. The molecule has 0 saturated heterocycles. The van der Waals surface area contributed by atoms with E-state index in [4.69, 9.17) is 4.74 Å². The van der Waals surface area contributed by atoms with Gasteiger partial charge in [-0.1, -0.05) is 15.9 Å². The molecule has 6 heteroatoms. The largest absolute Gasteiger partial charge is 0.447 e. The first-order valence-electron chi connectivity index (χ1n) is 7.75. The number of carbonyl (C=O) groups is 2. The molecule has 0 aliphatic carbocycles. The lowest BCUT2D eigenvalue weighted by Crippen LogP contribution is -2.46. The predicted octanol–water partition coefficient (Wildman–Crippen LogP) is 4.11. The van der Waals surface area contributed by atoms with E-state index in [0.717, 1.165) is 15.7 Å². The fraction of sp³-hybridized carbons (Fsp3) is 0.529.